The van der Waals surface area contributed by atoms with Crippen molar-refractivity contribution in [3.05, 3.63) is 23.8 Å². The fourth-order valence-electron chi connectivity index (χ4n) is 1.55. The molecule has 0 unspecified atom stereocenters. The number of carboxylic acid groups (broad SMARTS) is 1. The van der Waals surface area contributed by atoms with Gasteiger partial charge >= 0.3 is 5.97 Å². The van der Waals surface area contributed by atoms with Crippen molar-refractivity contribution in [2.75, 3.05) is 26.1 Å². The fourth-order valence-corrected chi connectivity index (χ4v) is 1.55. The summed E-state index contributed by atoms with van der Waals surface area (Å²) < 4.78 is 5.19. The lowest BCUT2D eigenvalue weighted by Gasteiger charge is -2.19. The molecule has 0 bridgehead atoms. The fraction of sp³-hybridized carbons (Fsp3) is 0.364. The third-order valence-corrected chi connectivity index (χ3v) is 2.09. The minimum atomic E-state index is -0.841. The standard InChI is InChI=1S/C11H15NO3/c1-12(2)11-8(7-10(13)14)5-4-6-9(11)15-3/h4-6H,7H2,1-3H3,(H,13,14). The molecule has 1 aromatic rings. The SMILES string of the molecule is COc1cccc(CC(=O)O)c1N(C)C. The number of benzene rings is 1. The monoisotopic (exact) mass is 209 g/mol. The van der Waals surface area contributed by atoms with Crippen LogP contribution in [-0.4, -0.2) is 32.3 Å². The molecule has 0 atom stereocenters. The molecule has 0 aliphatic heterocycles. The average molecular weight is 209 g/mol. The topological polar surface area (TPSA) is 49.8 Å². The molecule has 0 heterocycles. The molecule has 0 fully saturated rings. The maximum Gasteiger partial charge on any atom is 0.307 e. The number of methoxy groups -OCH3 is 1. The highest BCUT2D eigenvalue weighted by molar-refractivity contribution is 5.75. The van der Waals surface area contributed by atoms with Crippen LogP contribution in [0.1, 0.15) is 5.56 Å². The molecule has 0 amide bonds. The van der Waals surface area contributed by atoms with Gasteiger partial charge in [0.25, 0.3) is 0 Å². The third-order valence-electron chi connectivity index (χ3n) is 2.09. The first-order chi connectivity index (χ1) is 7.06. The summed E-state index contributed by atoms with van der Waals surface area (Å²) in [6.07, 6.45) is 0.00468. The largest absolute Gasteiger partial charge is 0.495 e. The maximum absolute atomic E-state index is 10.7. The predicted molar refractivity (Wildman–Crippen MR) is 58.7 cm³/mol. The van der Waals surface area contributed by atoms with Crippen LogP contribution >= 0.6 is 0 Å². The van der Waals surface area contributed by atoms with Gasteiger partial charge in [0.15, 0.2) is 0 Å². The van der Waals surface area contributed by atoms with E-state index in [1.54, 1.807) is 19.2 Å². The van der Waals surface area contributed by atoms with Gasteiger partial charge in [0.2, 0.25) is 0 Å². The average Bonchev–Trinajstić information content (AvgIpc) is 2.15. The summed E-state index contributed by atoms with van der Waals surface area (Å²) in [7, 11) is 5.30. The van der Waals surface area contributed by atoms with E-state index in [1.807, 2.05) is 25.1 Å². The van der Waals surface area contributed by atoms with E-state index in [9.17, 15) is 4.79 Å². The van der Waals surface area contributed by atoms with Crippen LogP contribution in [0.15, 0.2) is 18.2 Å². The van der Waals surface area contributed by atoms with Crippen molar-refractivity contribution in [1.29, 1.82) is 0 Å². The van der Waals surface area contributed by atoms with E-state index in [1.165, 1.54) is 0 Å². The Morgan fingerprint density at radius 1 is 1.47 bits per heavy atom. The predicted octanol–water partition coefficient (Wildman–Crippen LogP) is 1.39. The quantitative estimate of drug-likeness (QED) is 0.814. The van der Waals surface area contributed by atoms with Gasteiger partial charge in [-0.25, -0.2) is 0 Å². The molecule has 0 aromatic heterocycles. The van der Waals surface area contributed by atoms with Crippen molar-refractivity contribution in [2.45, 2.75) is 6.42 Å². The van der Waals surface area contributed by atoms with Gasteiger partial charge in [0, 0.05) is 14.1 Å². The summed E-state index contributed by atoms with van der Waals surface area (Å²) in [6.45, 7) is 0. The number of carboxylic acids is 1. The number of nitrogens with zero attached hydrogens (tertiary/aromatic N) is 1. The van der Waals surface area contributed by atoms with Crippen molar-refractivity contribution in [3.63, 3.8) is 0 Å². The first-order valence-corrected chi connectivity index (χ1v) is 4.61. The molecular weight excluding hydrogens is 194 g/mol. The van der Waals surface area contributed by atoms with Gasteiger partial charge in [-0.05, 0) is 11.6 Å². The summed E-state index contributed by atoms with van der Waals surface area (Å²) in [5.74, 6) is -0.148. The summed E-state index contributed by atoms with van der Waals surface area (Å²) in [4.78, 5) is 12.5. The van der Waals surface area contributed by atoms with Crippen LogP contribution in [0.25, 0.3) is 0 Å². The molecule has 0 aliphatic carbocycles. The van der Waals surface area contributed by atoms with Gasteiger partial charge in [0.05, 0.1) is 19.2 Å². The van der Waals surface area contributed by atoms with E-state index < -0.39 is 5.97 Å². The second kappa shape index (κ2) is 4.68. The maximum atomic E-state index is 10.7. The second-order valence-electron chi connectivity index (χ2n) is 3.43. The first kappa shape index (κ1) is 11.4. The van der Waals surface area contributed by atoms with Crippen LogP contribution in [0.5, 0.6) is 5.75 Å². The van der Waals surface area contributed by atoms with Crippen LogP contribution in [0.3, 0.4) is 0 Å². The number of rotatable bonds is 4. The smallest absolute Gasteiger partial charge is 0.307 e. The van der Waals surface area contributed by atoms with Gasteiger partial charge in [-0.1, -0.05) is 12.1 Å². The Morgan fingerprint density at radius 2 is 2.13 bits per heavy atom. The van der Waals surface area contributed by atoms with Crippen LogP contribution in [0, 0.1) is 0 Å². The number of hydrogen-bond donors (Lipinski definition) is 1. The molecule has 0 saturated heterocycles. The Labute approximate surface area is 89.1 Å². The molecule has 82 valence electrons. The molecule has 4 heteroatoms. The highest BCUT2D eigenvalue weighted by atomic mass is 16.5. The van der Waals surface area contributed by atoms with Crippen LogP contribution in [0.2, 0.25) is 0 Å². The first-order valence-electron chi connectivity index (χ1n) is 4.61. The number of carbonyl (C=O) groups is 1. The van der Waals surface area contributed by atoms with Crippen molar-refractivity contribution in [3.8, 4) is 5.75 Å². The van der Waals surface area contributed by atoms with E-state index >= 15 is 0 Å². The van der Waals surface area contributed by atoms with E-state index in [0.29, 0.717) is 5.75 Å². The molecule has 1 rings (SSSR count). The van der Waals surface area contributed by atoms with Gasteiger partial charge in [-0.2, -0.15) is 0 Å². The zero-order valence-electron chi connectivity index (χ0n) is 9.15. The van der Waals surface area contributed by atoms with Crippen LogP contribution < -0.4 is 9.64 Å². The summed E-state index contributed by atoms with van der Waals surface area (Å²) in [6, 6.07) is 5.41. The number of para-hydroxylation sites is 1. The van der Waals surface area contributed by atoms with Crippen LogP contribution in [-0.2, 0) is 11.2 Å². The number of ether oxygens (including phenoxy) is 1. The lowest BCUT2D eigenvalue weighted by molar-refractivity contribution is -0.136. The van der Waals surface area contributed by atoms with Crippen LogP contribution in [0.4, 0.5) is 5.69 Å². The highest BCUT2D eigenvalue weighted by Crippen LogP contribution is 2.30. The molecule has 1 N–H and O–H groups in total. The lowest BCUT2D eigenvalue weighted by atomic mass is 10.1. The Bertz CT molecular complexity index is 361. The van der Waals surface area contributed by atoms with Gasteiger partial charge in [-0.3, -0.25) is 4.79 Å². The molecule has 0 saturated carbocycles. The van der Waals surface area contributed by atoms with Crippen molar-refractivity contribution in [1.82, 2.24) is 0 Å². The Kier molecular flexibility index (Phi) is 3.55. The Morgan fingerprint density at radius 3 is 2.60 bits per heavy atom. The Hall–Kier alpha value is -1.71. The van der Waals surface area contributed by atoms with Gasteiger partial charge in [-0.15, -0.1) is 0 Å². The summed E-state index contributed by atoms with van der Waals surface area (Å²) in [5.41, 5.74) is 1.58. The summed E-state index contributed by atoms with van der Waals surface area (Å²) in [5, 5.41) is 8.78. The second-order valence-corrected chi connectivity index (χ2v) is 3.43. The molecular formula is C11H15NO3. The minimum Gasteiger partial charge on any atom is -0.495 e. The van der Waals surface area contributed by atoms with E-state index in [0.717, 1.165) is 11.3 Å². The lowest BCUT2D eigenvalue weighted by Crippen LogP contribution is -2.14. The molecule has 0 spiro atoms. The van der Waals surface area contributed by atoms with Gasteiger partial charge < -0.3 is 14.7 Å². The third kappa shape index (κ3) is 2.62. The van der Waals surface area contributed by atoms with Crippen molar-refractivity contribution in [2.24, 2.45) is 0 Å². The zero-order valence-corrected chi connectivity index (χ0v) is 9.15. The molecule has 15 heavy (non-hydrogen) atoms. The number of aliphatic carboxylic acids is 1. The van der Waals surface area contributed by atoms with Crippen molar-refractivity contribution < 1.29 is 14.6 Å². The van der Waals surface area contributed by atoms with E-state index in [4.69, 9.17) is 9.84 Å². The molecule has 0 aliphatic rings. The zero-order chi connectivity index (χ0) is 11.4. The van der Waals surface area contributed by atoms with E-state index in [-0.39, 0.29) is 6.42 Å². The van der Waals surface area contributed by atoms with Crippen molar-refractivity contribution >= 4 is 11.7 Å². The van der Waals surface area contributed by atoms with E-state index in [2.05, 4.69) is 0 Å². The normalized spacial score (nSPS) is 9.80. The van der Waals surface area contributed by atoms with Gasteiger partial charge in [0.1, 0.15) is 5.75 Å². The highest BCUT2D eigenvalue weighted by Gasteiger charge is 2.12. The molecule has 0 radical (unpaired) electrons. The minimum absolute atomic E-state index is 0.00468. The molecule has 1 aromatic carbocycles. The summed E-state index contributed by atoms with van der Waals surface area (Å²) >= 11 is 0. The Balaban J connectivity index is 3.19. The number of anilines is 1. The molecule has 4 nitrogen and oxygen atoms in total. The number of hydrogen-bond acceptors (Lipinski definition) is 3.